The quantitative estimate of drug-likeness (QED) is 0.537. The first kappa shape index (κ1) is 20.1. The van der Waals surface area contributed by atoms with Gasteiger partial charge in [-0.3, -0.25) is 4.79 Å². The maximum absolute atomic E-state index is 13.0. The predicted molar refractivity (Wildman–Crippen MR) is 114 cm³/mol. The number of piperidine rings is 2. The van der Waals surface area contributed by atoms with E-state index in [0.29, 0.717) is 28.1 Å². The third-order valence-electron chi connectivity index (χ3n) is 9.49. The number of ether oxygens (including phenoxy) is 1. The van der Waals surface area contributed by atoms with Crippen LogP contribution in [0.4, 0.5) is 0 Å². The van der Waals surface area contributed by atoms with E-state index in [1.807, 2.05) is 0 Å². The van der Waals surface area contributed by atoms with Crippen LogP contribution in [0.1, 0.15) is 59.3 Å². The van der Waals surface area contributed by atoms with E-state index in [1.54, 1.807) is 9.80 Å². The van der Waals surface area contributed by atoms with Crippen molar-refractivity contribution >= 4 is 5.97 Å². The van der Waals surface area contributed by atoms with Gasteiger partial charge in [0.2, 0.25) is 0 Å². The lowest BCUT2D eigenvalue weighted by atomic mass is 9.55. The summed E-state index contributed by atoms with van der Waals surface area (Å²) in [5, 5.41) is 0. The van der Waals surface area contributed by atoms with E-state index in [9.17, 15) is 4.79 Å². The van der Waals surface area contributed by atoms with E-state index in [4.69, 9.17) is 4.74 Å². The number of esters is 1. The molecule has 0 amide bonds. The van der Waals surface area contributed by atoms with Crippen molar-refractivity contribution in [3.8, 4) is 0 Å². The molecule has 3 aliphatic heterocycles. The Kier molecular flexibility index (Phi) is 4.54. The normalized spacial score (nSPS) is 54.5. The van der Waals surface area contributed by atoms with Crippen LogP contribution in [0.3, 0.4) is 0 Å². The highest BCUT2D eigenvalue weighted by Gasteiger charge is 2.58. The molecule has 3 heterocycles. The molecule has 2 aliphatic carbocycles. The summed E-state index contributed by atoms with van der Waals surface area (Å²) < 4.78 is 6.04. The summed E-state index contributed by atoms with van der Waals surface area (Å²) in [5.41, 5.74) is 2.57. The SMILES string of the molecule is C=C1CCC[C@]2(C)C[C@H]3OC(=O)[C@H](C[NH+]4C[C@]5(C)C[NH+](C)C[C@](C)(C4)C5)[C@H]3C[C@@H]12. The van der Waals surface area contributed by atoms with Crippen LogP contribution < -0.4 is 9.80 Å². The van der Waals surface area contributed by atoms with Crippen molar-refractivity contribution in [1.29, 1.82) is 0 Å². The van der Waals surface area contributed by atoms with Crippen molar-refractivity contribution in [1.82, 2.24) is 0 Å². The third kappa shape index (κ3) is 3.39. The molecule has 5 fully saturated rings. The van der Waals surface area contributed by atoms with Crippen molar-refractivity contribution in [3.05, 3.63) is 12.2 Å². The lowest BCUT2D eigenvalue weighted by Gasteiger charge is -2.52. The van der Waals surface area contributed by atoms with Gasteiger partial charge in [-0.1, -0.05) is 19.1 Å². The maximum Gasteiger partial charge on any atom is 0.315 e. The second kappa shape index (κ2) is 6.56. The van der Waals surface area contributed by atoms with E-state index in [2.05, 4.69) is 34.4 Å². The van der Waals surface area contributed by atoms with E-state index in [-0.39, 0.29) is 18.0 Å². The number of nitrogens with one attached hydrogen (secondary N) is 2. The summed E-state index contributed by atoms with van der Waals surface area (Å²) in [7, 11) is 2.36. The van der Waals surface area contributed by atoms with E-state index >= 15 is 0 Å². The van der Waals surface area contributed by atoms with Gasteiger partial charge in [0.1, 0.15) is 12.0 Å². The number of likely N-dealkylation sites (tertiary alicyclic amines) is 2. The highest BCUT2D eigenvalue weighted by Crippen LogP contribution is 2.56. The zero-order chi connectivity index (χ0) is 20.6. The van der Waals surface area contributed by atoms with Crippen LogP contribution in [0.15, 0.2) is 12.2 Å². The van der Waals surface area contributed by atoms with Crippen LogP contribution in [0.25, 0.3) is 0 Å². The van der Waals surface area contributed by atoms with Crippen molar-refractivity contribution in [2.75, 3.05) is 39.8 Å². The highest BCUT2D eigenvalue weighted by molar-refractivity contribution is 5.75. The first-order valence-corrected chi connectivity index (χ1v) is 12.1. The molecule has 5 aliphatic rings. The monoisotopic (exact) mass is 402 g/mol. The third-order valence-corrected chi connectivity index (χ3v) is 9.49. The predicted octanol–water partition coefficient (Wildman–Crippen LogP) is 1.13. The van der Waals surface area contributed by atoms with Crippen molar-refractivity contribution in [3.63, 3.8) is 0 Å². The van der Waals surface area contributed by atoms with Crippen LogP contribution >= 0.6 is 0 Å². The van der Waals surface area contributed by atoms with Crippen LogP contribution in [0.5, 0.6) is 0 Å². The molecule has 2 bridgehead atoms. The van der Waals surface area contributed by atoms with Crippen LogP contribution in [0.2, 0.25) is 0 Å². The van der Waals surface area contributed by atoms with Gasteiger partial charge in [0, 0.05) is 5.92 Å². The number of quaternary nitrogens is 2. The molecule has 162 valence electrons. The van der Waals surface area contributed by atoms with Gasteiger partial charge in [-0.15, -0.1) is 0 Å². The minimum atomic E-state index is 0.102. The largest absolute Gasteiger partial charge is 0.462 e. The maximum atomic E-state index is 13.0. The molecule has 0 aromatic rings. The summed E-state index contributed by atoms with van der Waals surface area (Å²) in [6.07, 6.45) is 7.40. The summed E-state index contributed by atoms with van der Waals surface area (Å²) >= 11 is 0. The number of fused-ring (bicyclic) bond motifs is 4. The molecular formula is C25H42N2O2+2. The first-order valence-electron chi connectivity index (χ1n) is 12.1. The van der Waals surface area contributed by atoms with Gasteiger partial charge < -0.3 is 14.5 Å². The summed E-state index contributed by atoms with van der Waals surface area (Å²) in [4.78, 5) is 16.3. The van der Waals surface area contributed by atoms with Crippen molar-refractivity contribution in [2.24, 2.45) is 34.0 Å². The second-order valence-corrected chi connectivity index (χ2v) is 12.8. The minimum Gasteiger partial charge on any atom is -0.462 e. The molecule has 4 nitrogen and oxygen atoms in total. The number of allylic oxidation sites excluding steroid dienone is 1. The standard InChI is InChI=1S/C25H40N2O2/c1-17-7-6-8-25(4)10-21-18(9-20(17)25)19(22(28)29-21)11-27-15-23(2)12-24(3,16-27)14-26(5)13-23/h18-21H,1,6-16H2,2-5H3/p+2/t18-,19-,20+,21-,23-,24+,25-/m1/s1. The fourth-order valence-electron chi connectivity index (χ4n) is 9.14. The lowest BCUT2D eigenvalue weighted by molar-refractivity contribution is -0.966. The van der Waals surface area contributed by atoms with Crippen LogP contribution in [-0.4, -0.2) is 51.8 Å². The Morgan fingerprint density at radius 1 is 1.14 bits per heavy atom. The Morgan fingerprint density at radius 3 is 2.52 bits per heavy atom. The summed E-state index contributed by atoms with van der Waals surface area (Å²) in [5.74, 6) is 1.22. The fourth-order valence-corrected chi connectivity index (χ4v) is 9.14. The minimum absolute atomic E-state index is 0.102. The molecule has 2 saturated carbocycles. The second-order valence-electron chi connectivity index (χ2n) is 12.8. The van der Waals surface area contributed by atoms with Gasteiger partial charge in [0.25, 0.3) is 0 Å². The molecular weight excluding hydrogens is 360 g/mol. The number of carbonyl (C=O) groups is 1. The number of hydrogen-bond acceptors (Lipinski definition) is 2. The first-order chi connectivity index (χ1) is 13.6. The molecule has 0 aromatic carbocycles. The molecule has 3 saturated heterocycles. The Hall–Kier alpha value is -0.870. The van der Waals surface area contributed by atoms with Gasteiger partial charge in [0.05, 0.1) is 50.6 Å². The summed E-state index contributed by atoms with van der Waals surface area (Å²) in [6, 6.07) is 0. The molecule has 9 atom stereocenters. The zero-order valence-electron chi connectivity index (χ0n) is 19.1. The fraction of sp³-hybridized carbons (Fsp3) is 0.880. The van der Waals surface area contributed by atoms with Gasteiger partial charge >= 0.3 is 5.97 Å². The van der Waals surface area contributed by atoms with Crippen LogP contribution in [-0.2, 0) is 9.53 Å². The molecule has 0 aromatic heterocycles. The van der Waals surface area contributed by atoms with E-state index < -0.39 is 0 Å². The smallest absolute Gasteiger partial charge is 0.315 e. The number of hydrogen-bond donors (Lipinski definition) is 2. The number of rotatable bonds is 2. The Balaban J connectivity index is 1.33. The molecule has 2 N–H and O–H groups in total. The molecule has 4 heteroatoms. The highest BCUT2D eigenvalue weighted by atomic mass is 16.6. The van der Waals surface area contributed by atoms with E-state index in [1.165, 1.54) is 57.4 Å². The Bertz CT molecular complexity index is 702. The van der Waals surface area contributed by atoms with Crippen molar-refractivity contribution < 1.29 is 19.3 Å². The topological polar surface area (TPSA) is 35.2 Å². The Labute approximate surface area is 177 Å². The van der Waals surface area contributed by atoms with Gasteiger partial charge in [-0.25, -0.2) is 0 Å². The number of carbonyl (C=O) groups excluding carboxylic acids is 1. The average molecular weight is 403 g/mol. The molecule has 5 rings (SSSR count). The van der Waals surface area contributed by atoms with Gasteiger partial charge in [-0.2, -0.15) is 0 Å². The molecule has 29 heavy (non-hydrogen) atoms. The van der Waals surface area contributed by atoms with E-state index in [0.717, 1.165) is 19.4 Å². The van der Waals surface area contributed by atoms with Gasteiger partial charge in [-0.05, 0) is 63.7 Å². The molecule has 0 radical (unpaired) electrons. The average Bonchev–Trinajstić information content (AvgIpc) is 2.84. The van der Waals surface area contributed by atoms with Crippen LogP contribution in [0, 0.1) is 34.0 Å². The molecule has 0 spiro atoms. The zero-order valence-corrected chi connectivity index (χ0v) is 19.1. The molecule has 2 unspecified atom stereocenters. The lowest BCUT2D eigenvalue weighted by Crippen LogP contribution is -3.23. The summed E-state index contributed by atoms with van der Waals surface area (Å²) in [6.45, 7) is 17.8. The van der Waals surface area contributed by atoms with Gasteiger partial charge in [0.15, 0.2) is 0 Å². The Morgan fingerprint density at radius 2 is 1.83 bits per heavy atom. The van der Waals surface area contributed by atoms with Crippen molar-refractivity contribution in [2.45, 2.75) is 65.4 Å².